The van der Waals surface area contributed by atoms with Crippen LogP contribution in [-0.2, 0) is 9.53 Å². The molecule has 2 nitrogen and oxygen atoms in total. The highest BCUT2D eigenvalue weighted by atomic mass is 16.5. The summed E-state index contributed by atoms with van der Waals surface area (Å²) < 4.78 is 4.72. The minimum Gasteiger partial charge on any atom is -0.469 e. The van der Waals surface area contributed by atoms with Gasteiger partial charge < -0.3 is 4.74 Å². The maximum absolute atomic E-state index is 11.2. The summed E-state index contributed by atoms with van der Waals surface area (Å²) >= 11 is 0. The van der Waals surface area contributed by atoms with Crippen LogP contribution >= 0.6 is 0 Å². The lowest BCUT2D eigenvalue weighted by atomic mass is 9.92. The second-order valence-electron chi connectivity index (χ2n) is 4.75. The summed E-state index contributed by atoms with van der Waals surface area (Å²) in [6.07, 6.45) is 5.24. The Morgan fingerprint density at radius 1 is 1.38 bits per heavy atom. The maximum atomic E-state index is 11.2. The van der Waals surface area contributed by atoms with Crippen LogP contribution in [0.4, 0.5) is 0 Å². The number of fused-ring (bicyclic) bond motifs is 1. The number of rotatable bonds is 3. The molecule has 2 fully saturated rings. The van der Waals surface area contributed by atoms with Crippen LogP contribution in [-0.4, -0.2) is 13.1 Å². The Kier molecular flexibility index (Phi) is 2.31. The Bertz CT molecular complexity index is 202. The molecule has 0 spiro atoms. The largest absolute Gasteiger partial charge is 0.469 e. The summed E-state index contributed by atoms with van der Waals surface area (Å²) in [6.45, 7) is 1.98. The molecule has 0 aliphatic heterocycles. The van der Waals surface area contributed by atoms with Crippen molar-refractivity contribution in [2.75, 3.05) is 7.11 Å². The second-order valence-corrected chi connectivity index (χ2v) is 4.75. The third-order valence-electron chi connectivity index (χ3n) is 3.63. The zero-order valence-corrected chi connectivity index (χ0v) is 8.45. The van der Waals surface area contributed by atoms with E-state index in [2.05, 4.69) is 0 Å². The van der Waals surface area contributed by atoms with Gasteiger partial charge in [-0.25, -0.2) is 0 Å². The number of methoxy groups -OCH3 is 1. The molecule has 0 aromatic carbocycles. The molecule has 0 aromatic heterocycles. The normalized spacial score (nSPS) is 38.2. The van der Waals surface area contributed by atoms with Crippen LogP contribution in [0.3, 0.4) is 0 Å². The monoisotopic (exact) mass is 182 g/mol. The summed E-state index contributed by atoms with van der Waals surface area (Å²) in [5.41, 5.74) is 0. The molecule has 2 saturated carbocycles. The molecule has 2 rings (SSSR count). The van der Waals surface area contributed by atoms with Gasteiger partial charge in [-0.3, -0.25) is 4.79 Å². The Morgan fingerprint density at radius 2 is 2.00 bits per heavy atom. The van der Waals surface area contributed by atoms with Crippen molar-refractivity contribution in [3.63, 3.8) is 0 Å². The lowest BCUT2D eigenvalue weighted by molar-refractivity contribution is -0.145. The SMILES string of the molecule is COC(=O)[C@@H](C)CC1C[C@@H]2C[C@@H]2C1. The van der Waals surface area contributed by atoms with E-state index in [0.29, 0.717) is 0 Å². The predicted molar refractivity (Wildman–Crippen MR) is 50.1 cm³/mol. The van der Waals surface area contributed by atoms with Gasteiger partial charge in [-0.2, -0.15) is 0 Å². The summed E-state index contributed by atoms with van der Waals surface area (Å²) in [6, 6.07) is 0. The number of hydrogen-bond donors (Lipinski definition) is 0. The minimum atomic E-state index is -0.0411. The standard InChI is InChI=1S/C11H18O2/c1-7(11(12)13-2)3-8-4-9-6-10(9)5-8/h7-10H,3-6H2,1-2H3/t7-,8?,9-,10+/m0/s1. The Morgan fingerprint density at radius 3 is 2.54 bits per heavy atom. The first-order valence-corrected chi connectivity index (χ1v) is 5.28. The van der Waals surface area contributed by atoms with Gasteiger partial charge in [-0.05, 0) is 43.4 Å². The van der Waals surface area contributed by atoms with Crippen LogP contribution in [0.5, 0.6) is 0 Å². The molecule has 0 heterocycles. The molecular formula is C11H18O2. The first-order chi connectivity index (χ1) is 6.20. The van der Waals surface area contributed by atoms with Crippen molar-refractivity contribution in [2.24, 2.45) is 23.7 Å². The fourth-order valence-electron chi connectivity index (χ4n) is 2.83. The van der Waals surface area contributed by atoms with Crippen molar-refractivity contribution in [1.29, 1.82) is 0 Å². The first kappa shape index (κ1) is 9.04. The van der Waals surface area contributed by atoms with Gasteiger partial charge in [0.2, 0.25) is 0 Å². The van der Waals surface area contributed by atoms with Crippen LogP contribution in [0.1, 0.15) is 32.6 Å². The highest BCUT2D eigenvalue weighted by Crippen LogP contribution is 2.55. The summed E-state index contributed by atoms with van der Waals surface area (Å²) in [5.74, 6) is 2.91. The third-order valence-corrected chi connectivity index (χ3v) is 3.63. The summed E-state index contributed by atoms with van der Waals surface area (Å²) in [7, 11) is 1.48. The highest BCUT2D eigenvalue weighted by Gasteiger charge is 2.46. The Balaban J connectivity index is 1.74. The highest BCUT2D eigenvalue weighted by molar-refractivity contribution is 5.71. The van der Waals surface area contributed by atoms with Gasteiger partial charge >= 0.3 is 5.97 Å². The van der Waals surface area contributed by atoms with E-state index in [1.54, 1.807) is 0 Å². The van der Waals surface area contributed by atoms with Crippen LogP contribution < -0.4 is 0 Å². The van der Waals surface area contributed by atoms with Gasteiger partial charge in [-0.1, -0.05) is 6.92 Å². The second kappa shape index (κ2) is 3.32. The predicted octanol–water partition coefficient (Wildman–Crippen LogP) is 2.23. The lowest BCUT2D eigenvalue weighted by Gasteiger charge is -2.15. The van der Waals surface area contributed by atoms with Gasteiger partial charge in [0.1, 0.15) is 0 Å². The molecule has 1 unspecified atom stereocenters. The van der Waals surface area contributed by atoms with Gasteiger partial charge in [0, 0.05) is 0 Å². The maximum Gasteiger partial charge on any atom is 0.308 e. The van der Waals surface area contributed by atoms with Crippen LogP contribution in [0.15, 0.2) is 0 Å². The van der Waals surface area contributed by atoms with E-state index in [4.69, 9.17) is 4.74 Å². The fraction of sp³-hybridized carbons (Fsp3) is 0.909. The van der Waals surface area contributed by atoms with Crippen LogP contribution in [0, 0.1) is 23.7 Å². The molecule has 2 aliphatic carbocycles. The lowest BCUT2D eigenvalue weighted by Crippen LogP contribution is -2.16. The molecule has 0 bridgehead atoms. The molecule has 0 radical (unpaired) electrons. The summed E-state index contributed by atoms with van der Waals surface area (Å²) in [5, 5.41) is 0. The number of hydrogen-bond acceptors (Lipinski definition) is 2. The van der Waals surface area contributed by atoms with Crippen molar-refractivity contribution in [1.82, 2.24) is 0 Å². The van der Waals surface area contributed by atoms with Crippen molar-refractivity contribution in [3.8, 4) is 0 Å². The van der Waals surface area contributed by atoms with Gasteiger partial charge in [0.05, 0.1) is 13.0 Å². The quantitative estimate of drug-likeness (QED) is 0.626. The molecule has 2 heteroatoms. The molecule has 0 N–H and O–H groups in total. The van der Waals surface area contributed by atoms with Crippen LogP contribution in [0.2, 0.25) is 0 Å². The van der Waals surface area contributed by atoms with E-state index >= 15 is 0 Å². The molecular weight excluding hydrogens is 164 g/mol. The molecule has 2 aliphatic rings. The molecule has 4 atom stereocenters. The van der Waals surface area contributed by atoms with E-state index in [1.807, 2.05) is 6.92 Å². The van der Waals surface area contributed by atoms with Crippen molar-refractivity contribution < 1.29 is 9.53 Å². The molecule has 74 valence electrons. The summed E-state index contributed by atoms with van der Waals surface area (Å²) in [4.78, 5) is 11.2. The van der Waals surface area contributed by atoms with Gasteiger partial charge in [-0.15, -0.1) is 0 Å². The average Bonchev–Trinajstić information content (AvgIpc) is 2.73. The van der Waals surface area contributed by atoms with Gasteiger partial charge in [0.25, 0.3) is 0 Å². The fourth-order valence-corrected chi connectivity index (χ4v) is 2.83. The Hall–Kier alpha value is -0.530. The van der Waals surface area contributed by atoms with Crippen LogP contribution in [0.25, 0.3) is 0 Å². The van der Waals surface area contributed by atoms with Crippen molar-refractivity contribution in [3.05, 3.63) is 0 Å². The van der Waals surface area contributed by atoms with E-state index in [9.17, 15) is 4.79 Å². The van der Waals surface area contributed by atoms with E-state index in [-0.39, 0.29) is 11.9 Å². The van der Waals surface area contributed by atoms with E-state index in [0.717, 1.165) is 24.2 Å². The number of ether oxygens (including phenoxy) is 1. The third kappa shape index (κ3) is 1.87. The topological polar surface area (TPSA) is 26.3 Å². The Labute approximate surface area is 79.7 Å². The van der Waals surface area contributed by atoms with Gasteiger partial charge in [0.15, 0.2) is 0 Å². The molecule has 0 aromatic rings. The zero-order valence-electron chi connectivity index (χ0n) is 8.45. The minimum absolute atomic E-state index is 0.0411. The first-order valence-electron chi connectivity index (χ1n) is 5.28. The molecule has 13 heavy (non-hydrogen) atoms. The molecule has 0 saturated heterocycles. The molecule has 0 amide bonds. The van der Waals surface area contributed by atoms with Crippen molar-refractivity contribution >= 4 is 5.97 Å². The van der Waals surface area contributed by atoms with Crippen molar-refractivity contribution in [2.45, 2.75) is 32.6 Å². The number of carbonyl (C=O) groups excluding carboxylic acids is 1. The number of carbonyl (C=O) groups is 1. The number of esters is 1. The smallest absolute Gasteiger partial charge is 0.308 e. The van der Waals surface area contributed by atoms with E-state index < -0.39 is 0 Å². The zero-order chi connectivity index (χ0) is 9.42. The van der Waals surface area contributed by atoms with E-state index in [1.165, 1.54) is 26.4 Å². The average molecular weight is 182 g/mol.